The maximum Gasteiger partial charge on any atom is 0.307 e. The first-order valence-electron chi connectivity index (χ1n) is 4.45. The molecular formula is C9H11NO5. The summed E-state index contributed by atoms with van der Waals surface area (Å²) >= 11 is 0. The summed E-state index contributed by atoms with van der Waals surface area (Å²) in [6.45, 7) is -0.303. The molecule has 2 amide bonds. The summed E-state index contributed by atoms with van der Waals surface area (Å²) in [7, 11) is 0. The van der Waals surface area contributed by atoms with Gasteiger partial charge < -0.3 is 9.84 Å². The number of esters is 1. The van der Waals surface area contributed by atoms with Gasteiger partial charge in [0, 0.05) is 18.7 Å². The number of imide groups is 1. The van der Waals surface area contributed by atoms with E-state index in [0.717, 1.165) is 17.1 Å². The highest BCUT2D eigenvalue weighted by Gasteiger charge is 2.23. The van der Waals surface area contributed by atoms with Gasteiger partial charge in [-0.2, -0.15) is 0 Å². The first-order valence-corrected chi connectivity index (χ1v) is 4.45. The molecule has 0 atom stereocenters. The van der Waals surface area contributed by atoms with Crippen LogP contribution in [0.5, 0.6) is 0 Å². The number of aliphatic hydroxyl groups is 1. The number of nitrogens with zero attached hydrogens (tertiary/aromatic N) is 1. The van der Waals surface area contributed by atoms with E-state index in [0.29, 0.717) is 0 Å². The van der Waals surface area contributed by atoms with Crippen LogP contribution in [0.15, 0.2) is 12.2 Å². The zero-order valence-corrected chi connectivity index (χ0v) is 8.01. The summed E-state index contributed by atoms with van der Waals surface area (Å²) in [5.74, 6) is -1.39. The first-order chi connectivity index (χ1) is 7.15. The Kier molecular flexibility index (Phi) is 3.99. The van der Waals surface area contributed by atoms with Crippen LogP contribution in [-0.4, -0.2) is 47.5 Å². The predicted octanol–water partition coefficient (Wildman–Crippen LogP) is -1.16. The van der Waals surface area contributed by atoms with E-state index in [2.05, 4.69) is 4.74 Å². The number of hydrogen-bond acceptors (Lipinski definition) is 5. The van der Waals surface area contributed by atoms with Crippen LogP contribution in [0.4, 0.5) is 0 Å². The molecular weight excluding hydrogens is 202 g/mol. The average molecular weight is 213 g/mol. The van der Waals surface area contributed by atoms with Crippen molar-refractivity contribution in [2.75, 3.05) is 19.8 Å². The zero-order chi connectivity index (χ0) is 11.3. The normalized spacial score (nSPS) is 14.9. The van der Waals surface area contributed by atoms with Gasteiger partial charge in [-0.05, 0) is 0 Å². The molecule has 0 radical (unpaired) electrons. The SMILES string of the molecule is O=C(CCN1C(=O)C=CC1=O)OCCO. The van der Waals surface area contributed by atoms with Gasteiger partial charge in [0.1, 0.15) is 6.61 Å². The molecule has 6 heteroatoms. The van der Waals surface area contributed by atoms with Crippen molar-refractivity contribution in [2.24, 2.45) is 0 Å². The third-order valence-corrected chi connectivity index (χ3v) is 1.79. The van der Waals surface area contributed by atoms with Crippen molar-refractivity contribution in [1.82, 2.24) is 4.90 Å². The Morgan fingerprint density at radius 1 is 1.33 bits per heavy atom. The van der Waals surface area contributed by atoms with Gasteiger partial charge in [-0.15, -0.1) is 0 Å². The molecule has 0 bridgehead atoms. The lowest BCUT2D eigenvalue weighted by Gasteiger charge is -2.12. The largest absolute Gasteiger partial charge is 0.463 e. The minimum absolute atomic E-state index is 0.00886. The molecule has 0 fully saturated rings. The van der Waals surface area contributed by atoms with Crippen LogP contribution in [0.25, 0.3) is 0 Å². The smallest absolute Gasteiger partial charge is 0.307 e. The number of hydrogen-bond donors (Lipinski definition) is 1. The summed E-state index contributed by atoms with van der Waals surface area (Å²) in [5.41, 5.74) is 0. The van der Waals surface area contributed by atoms with Crippen LogP contribution in [-0.2, 0) is 19.1 Å². The summed E-state index contributed by atoms with van der Waals surface area (Å²) in [5, 5.41) is 8.37. The van der Waals surface area contributed by atoms with Crippen molar-refractivity contribution in [2.45, 2.75) is 6.42 Å². The fourth-order valence-corrected chi connectivity index (χ4v) is 1.09. The van der Waals surface area contributed by atoms with Gasteiger partial charge in [-0.1, -0.05) is 0 Å². The second kappa shape index (κ2) is 5.26. The maximum atomic E-state index is 11.0. The van der Waals surface area contributed by atoms with Crippen molar-refractivity contribution in [3.05, 3.63) is 12.2 Å². The maximum absolute atomic E-state index is 11.0. The van der Waals surface area contributed by atoms with E-state index in [1.54, 1.807) is 0 Å². The quantitative estimate of drug-likeness (QED) is 0.460. The first kappa shape index (κ1) is 11.4. The number of ether oxygens (including phenoxy) is 1. The molecule has 1 aliphatic rings. The highest BCUT2D eigenvalue weighted by molar-refractivity contribution is 6.12. The molecule has 0 aromatic rings. The molecule has 1 N–H and O–H groups in total. The lowest BCUT2D eigenvalue weighted by Crippen LogP contribution is -2.32. The van der Waals surface area contributed by atoms with E-state index in [1.165, 1.54) is 0 Å². The molecule has 0 spiro atoms. The van der Waals surface area contributed by atoms with Gasteiger partial charge in [-0.3, -0.25) is 19.3 Å². The van der Waals surface area contributed by atoms with Gasteiger partial charge in [0.05, 0.1) is 13.0 Å². The number of amides is 2. The lowest BCUT2D eigenvalue weighted by molar-refractivity contribution is -0.145. The molecule has 6 nitrogen and oxygen atoms in total. The second-order valence-corrected chi connectivity index (χ2v) is 2.86. The van der Waals surface area contributed by atoms with Crippen LogP contribution >= 0.6 is 0 Å². The third-order valence-electron chi connectivity index (χ3n) is 1.79. The Morgan fingerprint density at radius 2 is 1.93 bits per heavy atom. The minimum Gasteiger partial charge on any atom is -0.463 e. The third kappa shape index (κ3) is 3.17. The van der Waals surface area contributed by atoms with Crippen molar-refractivity contribution < 1.29 is 24.2 Å². The summed E-state index contributed by atoms with van der Waals surface area (Å²) in [6, 6.07) is 0. The summed E-state index contributed by atoms with van der Waals surface area (Å²) < 4.78 is 4.56. The van der Waals surface area contributed by atoms with E-state index >= 15 is 0 Å². The Bertz CT molecular complexity index is 292. The topological polar surface area (TPSA) is 83.9 Å². The van der Waals surface area contributed by atoms with Crippen molar-refractivity contribution in [3.8, 4) is 0 Å². The van der Waals surface area contributed by atoms with Gasteiger partial charge in [0.15, 0.2) is 0 Å². The lowest BCUT2D eigenvalue weighted by atomic mass is 10.4. The minimum atomic E-state index is -0.545. The Hall–Kier alpha value is -1.69. The number of carbonyl (C=O) groups excluding carboxylic acids is 3. The van der Waals surface area contributed by atoms with E-state index < -0.39 is 17.8 Å². The number of carbonyl (C=O) groups is 3. The molecule has 0 saturated heterocycles. The Labute approximate surface area is 86.1 Å². The van der Waals surface area contributed by atoms with Crippen LogP contribution in [0, 0.1) is 0 Å². The fraction of sp³-hybridized carbons (Fsp3) is 0.444. The molecule has 15 heavy (non-hydrogen) atoms. The van der Waals surface area contributed by atoms with Gasteiger partial charge in [0.25, 0.3) is 11.8 Å². The monoisotopic (exact) mass is 213 g/mol. The molecule has 0 saturated carbocycles. The molecule has 0 aliphatic carbocycles. The van der Waals surface area contributed by atoms with Gasteiger partial charge in [-0.25, -0.2) is 0 Å². The standard InChI is InChI=1S/C9H11NO5/c11-5-6-15-9(14)3-4-10-7(12)1-2-8(10)13/h1-2,11H,3-6H2. The van der Waals surface area contributed by atoms with Crippen molar-refractivity contribution in [3.63, 3.8) is 0 Å². The van der Waals surface area contributed by atoms with Crippen LogP contribution in [0.3, 0.4) is 0 Å². The Morgan fingerprint density at radius 3 is 2.47 bits per heavy atom. The van der Waals surface area contributed by atoms with E-state index in [1.807, 2.05) is 0 Å². The summed E-state index contributed by atoms with van der Waals surface area (Å²) in [4.78, 5) is 34.0. The molecule has 0 aromatic carbocycles. The second-order valence-electron chi connectivity index (χ2n) is 2.86. The van der Waals surface area contributed by atoms with E-state index in [9.17, 15) is 14.4 Å². The van der Waals surface area contributed by atoms with E-state index in [4.69, 9.17) is 5.11 Å². The molecule has 1 heterocycles. The highest BCUT2D eigenvalue weighted by Crippen LogP contribution is 2.04. The van der Waals surface area contributed by atoms with E-state index in [-0.39, 0.29) is 26.2 Å². The summed E-state index contributed by atoms with van der Waals surface area (Å²) in [6.07, 6.45) is 2.25. The highest BCUT2D eigenvalue weighted by atomic mass is 16.5. The predicted molar refractivity (Wildman–Crippen MR) is 48.5 cm³/mol. The number of rotatable bonds is 5. The Balaban J connectivity index is 2.28. The number of aliphatic hydroxyl groups excluding tert-OH is 1. The molecule has 82 valence electrons. The van der Waals surface area contributed by atoms with Gasteiger partial charge >= 0.3 is 5.97 Å². The average Bonchev–Trinajstić information content (AvgIpc) is 2.53. The fourth-order valence-electron chi connectivity index (χ4n) is 1.09. The van der Waals surface area contributed by atoms with Crippen molar-refractivity contribution in [1.29, 1.82) is 0 Å². The molecule has 0 unspecified atom stereocenters. The van der Waals surface area contributed by atoms with Crippen LogP contribution in [0.2, 0.25) is 0 Å². The molecule has 0 aromatic heterocycles. The van der Waals surface area contributed by atoms with Crippen LogP contribution < -0.4 is 0 Å². The zero-order valence-electron chi connectivity index (χ0n) is 8.01. The molecule has 1 aliphatic heterocycles. The van der Waals surface area contributed by atoms with Crippen LogP contribution in [0.1, 0.15) is 6.42 Å². The van der Waals surface area contributed by atoms with Gasteiger partial charge in [0.2, 0.25) is 0 Å². The van der Waals surface area contributed by atoms with Crippen molar-refractivity contribution >= 4 is 17.8 Å². The molecule has 1 rings (SSSR count).